The highest BCUT2D eigenvalue weighted by Crippen LogP contribution is 2.23. The van der Waals surface area contributed by atoms with Crippen LogP contribution in [0.25, 0.3) is 0 Å². The second-order valence-corrected chi connectivity index (χ2v) is 4.06. The molecule has 0 amide bonds. The molecule has 0 atom stereocenters. The smallest absolute Gasteiger partial charge is 0.0620 e. The first-order valence-electron chi connectivity index (χ1n) is 5.16. The molecule has 0 aromatic carbocycles. The Morgan fingerprint density at radius 1 is 1.25 bits per heavy atom. The third-order valence-electron chi connectivity index (χ3n) is 2.89. The summed E-state index contributed by atoms with van der Waals surface area (Å²) in [5, 5.41) is 0. The van der Waals surface area contributed by atoms with Gasteiger partial charge in [-0.15, -0.1) is 0 Å². The van der Waals surface area contributed by atoms with E-state index in [1.807, 2.05) is 0 Å². The Morgan fingerprint density at radius 2 is 1.83 bits per heavy atom. The lowest BCUT2D eigenvalue weighted by atomic mass is 9.94. The second kappa shape index (κ2) is 4.83. The van der Waals surface area contributed by atoms with Crippen LogP contribution in [0.2, 0.25) is 0 Å². The molecule has 0 unspecified atom stereocenters. The van der Waals surface area contributed by atoms with Crippen LogP contribution in [0.15, 0.2) is 0 Å². The van der Waals surface area contributed by atoms with Crippen molar-refractivity contribution >= 4 is 0 Å². The lowest BCUT2D eigenvalue weighted by molar-refractivity contribution is 0.122. The summed E-state index contributed by atoms with van der Waals surface area (Å²) in [7, 11) is 0. The molecule has 0 aliphatic heterocycles. The molecule has 1 N–H and O–H groups in total. The molecule has 0 aromatic heterocycles. The van der Waals surface area contributed by atoms with Gasteiger partial charge in [-0.25, -0.2) is 5.73 Å². The molecule has 0 heterocycles. The molecule has 1 aliphatic carbocycles. The number of nitrogens with zero attached hydrogens (tertiary/aromatic N) is 1. The van der Waals surface area contributed by atoms with Crippen LogP contribution >= 0.6 is 0 Å². The number of rotatable bonds is 3. The van der Waals surface area contributed by atoms with E-state index in [-0.39, 0.29) is 0 Å². The highest BCUT2D eigenvalue weighted by molar-refractivity contribution is 4.76. The van der Waals surface area contributed by atoms with E-state index in [0.29, 0.717) is 18.8 Å². The largest absolute Gasteiger partial charge is 0.284 e. The summed E-state index contributed by atoms with van der Waals surface area (Å²) in [4.78, 5) is 2.32. The molecule has 1 fully saturated rings. The first kappa shape index (κ1) is 10.0. The van der Waals surface area contributed by atoms with Crippen LogP contribution in [0.5, 0.6) is 0 Å². The van der Waals surface area contributed by atoms with Crippen LogP contribution in [-0.2, 0) is 0 Å². The van der Waals surface area contributed by atoms with Crippen molar-refractivity contribution in [3.8, 4) is 0 Å². The van der Waals surface area contributed by atoms with Gasteiger partial charge in [0.05, 0.1) is 6.67 Å². The molecule has 1 saturated carbocycles. The molecular weight excluding hydrogens is 148 g/mol. The lowest BCUT2D eigenvalue weighted by Crippen LogP contribution is -2.42. The minimum atomic E-state index is 0.475. The molecule has 1 radical (unpaired) electrons. The zero-order valence-electron chi connectivity index (χ0n) is 8.34. The summed E-state index contributed by atoms with van der Waals surface area (Å²) in [5.74, 6) is 0. The zero-order chi connectivity index (χ0) is 8.97. The summed E-state index contributed by atoms with van der Waals surface area (Å²) >= 11 is 0. The van der Waals surface area contributed by atoms with Gasteiger partial charge in [0, 0.05) is 12.1 Å². The monoisotopic (exact) mass is 169 g/mol. The fourth-order valence-corrected chi connectivity index (χ4v) is 2.15. The van der Waals surface area contributed by atoms with Crippen molar-refractivity contribution in [3.05, 3.63) is 0 Å². The fourth-order valence-electron chi connectivity index (χ4n) is 2.15. The molecule has 0 bridgehead atoms. The third-order valence-corrected chi connectivity index (χ3v) is 2.89. The summed E-state index contributed by atoms with van der Waals surface area (Å²) in [6.45, 7) is 4.87. The predicted octanol–water partition coefficient (Wildman–Crippen LogP) is 2.27. The summed E-state index contributed by atoms with van der Waals surface area (Å²) in [6, 6.07) is 1.25. The Labute approximate surface area is 76.1 Å². The van der Waals surface area contributed by atoms with E-state index in [9.17, 15) is 0 Å². The maximum atomic E-state index is 7.45. The Hall–Kier alpha value is -0.0800. The van der Waals surface area contributed by atoms with Crippen LogP contribution < -0.4 is 5.73 Å². The van der Waals surface area contributed by atoms with Crippen LogP contribution in [0.4, 0.5) is 0 Å². The Kier molecular flexibility index (Phi) is 4.02. The average Bonchev–Trinajstić information content (AvgIpc) is 2.07. The van der Waals surface area contributed by atoms with Crippen LogP contribution in [0.3, 0.4) is 0 Å². The van der Waals surface area contributed by atoms with E-state index in [4.69, 9.17) is 5.73 Å². The quantitative estimate of drug-likeness (QED) is 0.636. The summed E-state index contributed by atoms with van der Waals surface area (Å²) in [6.07, 6.45) is 6.77. The van der Waals surface area contributed by atoms with Crippen molar-refractivity contribution in [2.75, 3.05) is 6.67 Å². The maximum absolute atomic E-state index is 7.45. The van der Waals surface area contributed by atoms with Crippen molar-refractivity contribution in [2.45, 2.75) is 58.0 Å². The van der Waals surface area contributed by atoms with Gasteiger partial charge in [-0.1, -0.05) is 19.3 Å². The Morgan fingerprint density at radius 3 is 2.25 bits per heavy atom. The van der Waals surface area contributed by atoms with E-state index in [1.165, 1.54) is 32.1 Å². The van der Waals surface area contributed by atoms with Gasteiger partial charge in [-0.3, -0.25) is 4.90 Å². The van der Waals surface area contributed by atoms with Gasteiger partial charge in [-0.2, -0.15) is 0 Å². The number of hydrogen-bond acceptors (Lipinski definition) is 1. The lowest BCUT2D eigenvalue weighted by Gasteiger charge is -2.35. The first-order chi connectivity index (χ1) is 5.75. The minimum absolute atomic E-state index is 0.475. The maximum Gasteiger partial charge on any atom is 0.0620 e. The Bertz CT molecular complexity index is 117. The van der Waals surface area contributed by atoms with E-state index in [0.717, 1.165) is 0 Å². The van der Waals surface area contributed by atoms with Crippen molar-refractivity contribution in [2.24, 2.45) is 0 Å². The summed E-state index contributed by atoms with van der Waals surface area (Å²) in [5.41, 5.74) is 7.45. The van der Waals surface area contributed by atoms with E-state index >= 15 is 0 Å². The average molecular weight is 169 g/mol. The van der Waals surface area contributed by atoms with Crippen molar-refractivity contribution in [1.29, 1.82) is 0 Å². The van der Waals surface area contributed by atoms with Gasteiger partial charge in [-0.05, 0) is 26.7 Å². The normalized spacial score (nSPS) is 20.8. The molecule has 1 rings (SSSR count). The highest BCUT2D eigenvalue weighted by Gasteiger charge is 2.21. The molecule has 0 spiro atoms. The van der Waals surface area contributed by atoms with E-state index < -0.39 is 0 Å². The summed E-state index contributed by atoms with van der Waals surface area (Å²) < 4.78 is 0. The predicted molar refractivity (Wildman–Crippen MR) is 51.8 cm³/mol. The Balaban J connectivity index is 2.40. The van der Waals surface area contributed by atoms with Crippen molar-refractivity contribution < 1.29 is 0 Å². The third kappa shape index (κ3) is 2.46. The zero-order valence-corrected chi connectivity index (χ0v) is 8.34. The van der Waals surface area contributed by atoms with Crippen LogP contribution in [0.1, 0.15) is 46.0 Å². The number of hydrogen-bond donors (Lipinski definition) is 0. The van der Waals surface area contributed by atoms with Crippen molar-refractivity contribution in [3.63, 3.8) is 0 Å². The highest BCUT2D eigenvalue weighted by atomic mass is 15.2. The van der Waals surface area contributed by atoms with E-state index in [2.05, 4.69) is 18.7 Å². The topological polar surface area (TPSA) is 27.0 Å². The first-order valence-corrected chi connectivity index (χ1v) is 5.16. The molecule has 2 nitrogen and oxygen atoms in total. The van der Waals surface area contributed by atoms with Crippen LogP contribution in [-0.4, -0.2) is 23.7 Å². The molecule has 0 saturated heterocycles. The second-order valence-electron chi connectivity index (χ2n) is 4.06. The number of nitrogens with one attached hydrogen (secondary N) is 1. The van der Waals surface area contributed by atoms with Crippen molar-refractivity contribution in [1.82, 2.24) is 10.6 Å². The molecule has 12 heavy (non-hydrogen) atoms. The molecular formula is C10H21N2. The van der Waals surface area contributed by atoms with Gasteiger partial charge in [0.2, 0.25) is 0 Å². The van der Waals surface area contributed by atoms with Gasteiger partial charge in [0.1, 0.15) is 0 Å². The SMILES string of the molecule is CC(C)N(C[NH])C1CCCCC1. The van der Waals surface area contributed by atoms with Crippen LogP contribution in [0, 0.1) is 0 Å². The van der Waals surface area contributed by atoms with E-state index in [1.54, 1.807) is 0 Å². The molecule has 71 valence electrons. The van der Waals surface area contributed by atoms with Gasteiger partial charge in [0.25, 0.3) is 0 Å². The fraction of sp³-hybridized carbons (Fsp3) is 1.00. The standard InChI is InChI=1S/C10H21N2/c1-9(2)12(8-11)10-6-4-3-5-7-10/h9-11H,3-8H2,1-2H3. The molecule has 0 aromatic rings. The van der Waals surface area contributed by atoms with Gasteiger partial charge < -0.3 is 0 Å². The minimum Gasteiger partial charge on any atom is -0.284 e. The molecule has 1 aliphatic rings. The molecule has 2 heteroatoms. The van der Waals surface area contributed by atoms with Gasteiger partial charge in [0.15, 0.2) is 0 Å². The van der Waals surface area contributed by atoms with Gasteiger partial charge >= 0.3 is 0 Å².